The minimum Gasteiger partial charge on any atom is -0.455 e. The second-order valence-corrected chi connectivity index (χ2v) is 12.7. The minimum absolute atomic E-state index is 0.180. The molecule has 4 aliphatic carbocycles. The number of rotatable bonds is 10. The number of ketones is 1. The third kappa shape index (κ3) is 4.07. The summed E-state index contributed by atoms with van der Waals surface area (Å²) in [7, 11) is 0. The van der Waals surface area contributed by atoms with Gasteiger partial charge in [0, 0.05) is 30.1 Å². The summed E-state index contributed by atoms with van der Waals surface area (Å²) in [5.74, 6) is -2.89. The number of carbonyl (C=O) groups excluding carboxylic acids is 2. The number of allylic oxidation sites excluding steroid dienone is 1. The first kappa shape index (κ1) is 28.5. The molecular formula is C30H46O7. The lowest BCUT2D eigenvalue weighted by molar-refractivity contribution is -0.202. The second-order valence-electron chi connectivity index (χ2n) is 12.7. The van der Waals surface area contributed by atoms with Gasteiger partial charge in [0.1, 0.15) is 11.2 Å². The lowest BCUT2D eigenvalue weighted by Crippen LogP contribution is -2.64. The summed E-state index contributed by atoms with van der Waals surface area (Å²) in [4.78, 5) is 26.1. The van der Waals surface area contributed by atoms with E-state index in [0.29, 0.717) is 12.0 Å². The predicted molar refractivity (Wildman–Crippen MR) is 139 cm³/mol. The average Bonchev–Trinajstić information content (AvgIpc) is 3.31. The highest BCUT2D eigenvalue weighted by Gasteiger charge is 2.85. The molecule has 0 spiro atoms. The van der Waals surface area contributed by atoms with E-state index < -0.39 is 51.9 Å². The van der Waals surface area contributed by atoms with E-state index in [-0.39, 0.29) is 30.5 Å². The fourth-order valence-electron chi connectivity index (χ4n) is 8.27. The Kier molecular flexibility index (Phi) is 7.61. The van der Waals surface area contributed by atoms with Crippen LogP contribution in [0.4, 0.5) is 0 Å². The van der Waals surface area contributed by atoms with Gasteiger partial charge in [0.05, 0.1) is 12.7 Å². The molecule has 2 saturated carbocycles. The topological polar surface area (TPSA) is 124 Å². The van der Waals surface area contributed by atoms with Crippen molar-refractivity contribution in [3.63, 3.8) is 0 Å². The Hall–Kier alpha value is -1.54. The van der Waals surface area contributed by atoms with Crippen molar-refractivity contribution < 1.29 is 34.8 Å². The molecule has 0 radical (unpaired) electrons. The molecule has 0 aliphatic heterocycles. The van der Waals surface area contributed by atoms with Crippen LogP contribution in [-0.2, 0) is 14.3 Å². The normalized spacial score (nSPS) is 41.6. The SMILES string of the molecule is CCCCCCCCCC(=O)O[C@]12C([C@@H]3C=C(CO)C[C@]4(O)C(=O)C(C)=C[C@@]4(O)[C@H]3[C@H](C)[C@H]1O)C2(C)C. The summed E-state index contributed by atoms with van der Waals surface area (Å²) in [6.45, 7) is 9.12. The van der Waals surface area contributed by atoms with E-state index in [1.165, 1.54) is 31.8 Å². The van der Waals surface area contributed by atoms with Crippen molar-refractivity contribution >= 4 is 11.8 Å². The highest BCUT2D eigenvalue weighted by molar-refractivity contribution is 6.06. The Bertz CT molecular complexity index is 982. The van der Waals surface area contributed by atoms with Crippen molar-refractivity contribution in [3.8, 4) is 0 Å². The smallest absolute Gasteiger partial charge is 0.306 e. The monoisotopic (exact) mass is 518 g/mol. The average molecular weight is 519 g/mol. The highest BCUT2D eigenvalue weighted by atomic mass is 16.6. The quantitative estimate of drug-likeness (QED) is 0.198. The van der Waals surface area contributed by atoms with Gasteiger partial charge in [-0.15, -0.1) is 0 Å². The molecule has 4 N–H and O–H groups in total. The van der Waals surface area contributed by atoms with Gasteiger partial charge in [-0.25, -0.2) is 0 Å². The first-order valence-corrected chi connectivity index (χ1v) is 14.2. The summed E-state index contributed by atoms with van der Waals surface area (Å²) < 4.78 is 6.16. The third-order valence-corrected chi connectivity index (χ3v) is 10.2. The summed E-state index contributed by atoms with van der Waals surface area (Å²) in [5, 5.41) is 45.4. The Labute approximate surface area is 221 Å². The highest BCUT2D eigenvalue weighted by Crippen LogP contribution is 2.76. The molecule has 0 saturated heterocycles. The number of ether oxygens (including phenoxy) is 1. The number of carbonyl (C=O) groups is 2. The van der Waals surface area contributed by atoms with Gasteiger partial charge in [0.25, 0.3) is 0 Å². The molecule has 7 nitrogen and oxygen atoms in total. The van der Waals surface area contributed by atoms with Crippen molar-refractivity contribution in [3.05, 3.63) is 23.3 Å². The Morgan fingerprint density at radius 2 is 1.73 bits per heavy atom. The Balaban J connectivity index is 1.58. The van der Waals surface area contributed by atoms with E-state index in [0.717, 1.165) is 19.3 Å². The van der Waals surface area contributed by atoms with Gasteiger partial charge in [-0.2, -0.15) is 0 Å². The van der Waals surface area contributed by atoms with Crippen molar-refractivity contribution in [2.24, 2.45) is 29.1 Å². The van der Waals surface area contributed by atoms with Crippen LogP contribution in [0, 0.1) is 29.1 Å². The number of aliphatic hydroxyl groups excluding tert-OH is 2. The molecule has 37 heavy (non-hydrogen) atoms. The molecule has 2 fully saturated rings. The van der Waals surface area contributed by atoms with E-state index in [1.807, 2.05) is 19.9 Å². The summed E-state index contributed by atoms with van der Waals surface area (Å²) in [6, 6.07) is 0. The van der Waals surface area contributed by atoms with Crippen LogP contribution < -0.4 is 0 Å². The summed E-state index contributed by atoms with van der Waals surface area (Å²) in [6.07, 6.45) is 9.98. The zero-order chi connectivity index (χ0) is 27.4. The molecule has 7 heteroatoms. The van der Waals surface area contributed by atoms with Gasteiger partial charge in [0.2, 0.25) is 0 Å². The number of Topliss-reactive ketones (excluding diaryl/α,β-unsaturated/α-hetero) is 1. The lowest BCUT2D eigenvalue weighted by atomic mass is 9.60. The fourth-order valence-corrected chi connectivity index (χ4v) is 8.27. The maximum atomic E-state index is 13.1. The van der Waals surface area contributed by atoms with Crippen LogP contribution in [0.2, 0.25) is 0 Å². The number of hydrogen-bond acceptors (Lipinski definition) is 7. The molecule has 0 aromatic rings. The van der Waals surface area contributed by atoms with E-state index in [9.17, 15) is 30.0 Å². The van der Waals surface area contributed by atoms with Crippen LogP contribution >= 0.6 is 0 Å². The molecule has 0 amide bonds. The van der Waals surface area contributed by atoms with E-state index in [2.05, 4.69) is 6.92 Å². The van der Waals surface area contributed by atoms with Gasteiger partial charge in [0.15, 0.2) is 11.4 Å². The van der Waals surface area contributed by atoms with Crippen LogP contribution in [0.5, 0.6) is 0 Å². The standard InChI is InChI=1S/C30H46O7/c1-6-7-8-9-10-11-12-13-22(32)37-30-24(27(30,4)5)21-14-20(17-31)16-29(36)25(33)18(2)15-28(29,35)23(21)19(3)26(30)34/h14-15,19,21,23-24,26,31,34-36H,6-13,16-17H2,1-5H3/t19-,21+,23-,24?,26+,28+,29-,30+/m0/s1. The van der Waals surface area contributed by atoms with Crippen LogP contribution in [0.25, 0.3) is 0 Å². The second kappa shape index (κ2) is 9.89. The fraction of sp³-hybridized carbons (Fsp3) is 0.800. The third-order valence-electron chi connectivity index (χ3n) is 10.2. The zero-order valence-electron chi connectivity index (χ0n) is 23.1. The lowest BCUT2D eigenvalue weighted by Gasteiger charge is -2.50. The Morgan fingerprint density at radius 1 is 1.11 bits per heavy atom. The van der Waals surface area contributed by atoms with E-state index >= 15 is 0 Å². The van der Waals surface area contributed by atoms with Crippen LogP contribution in [0.15, 0.2) is 23.3 Å². The van der Waals surface area contributed by atoms with Crippen molar-refractivity contribution in [2.45, 2.75) is 115 Å². The minimum atomic E-state index is -2.11. The zero-order valence-corrected chi connectivity index (χ0v) is 23.1. The predicted octanol–water partition coefficient (Wildman–Crippen LogP) is 3.62. The van der Waals surface area contributed by atoms with E-state index in [1.54, 1.807) is 13.8 Å². The molecule has 0 aromatic heterocycles. The number of aliphatic hydroxyl groups is 4. The molecule has 0 bridgehead atoms. The molecule has 0 aromatic carbocycles. The van der Waals surface area contributed by atoms with Crippen molar-refractivity contribution in [1.29, 1.82) is 0 Å². The van der Waals surface area contributed by atoms with Gasteiger partial charge >= 0.3 is 5.97 Å². The summed E-state index contributed by atoms with van der Waals surface area (Å²) in [5.41, 5.74) is -4.97. The van der Waals surface area contributed by atoms with Crippen LogP contribution in [0.1, 0.15) is 92.4 Å². The van der Waals surface area contributed by atoms with Crippen molar-refractivity contribution in [1.82, 2.24) is 0 Å². The molecular weight excluding hydrogens is 472 g/mol. The number of unbranched alkanes of at least 4 members (excludes halogenated alkanes) is 6. The number of esters is 1. The van der Waals surface area contributed by atoms with Crippen LogP contribution in [-0.4, -0.2) is 61.7 Å². The molecule has 4 rings (SSSR count). The molecule has 4 aliphatic rings. The van der Waals surface area contributed by atoms with Gasteiger partial charge in [-0.3, -0.25) is 9.59 Å². The largest absolute Gasteiger partial charge is 0.455 e. The molecule has 0 heterocycles. The maximum absolute atomic E-state index is 13.1. The van der Waals surface area contributed by atoms with Gasteiger partial charge in [-0.1, -0.05) is 72.3 Å². The summed E-state index contributed by atoms with van der Waals surface area (Å²) >= 11 is 0. The first-order chi connectivity index (χ1) is 17.3. The van der Waals surface area contributed by atoms with Gasteiger partial charge < -0.3 is 25.2 Å². The van der Waals surface area contributed by atoms with Crippen LogP contribution in [0.3, 0.4) is 0 Å². The van der Waals surface area contributed by atoms with Crippen molar-refractivity contribution in [2.75, 3.05) is 6.61 Å². The van der Waals surface area contributed by atoms with Gasteiger partial charge in [-0.05, 0) is 42.4 Å². The molecule has 1 unspecified atom stereocenters. The molecule has 208 valence electrons. The Morgan fingerprint density at radius 3 is 2.35 bits per heavy atom. The maximum Gasteiger partial charge on any atom is 0.306 e. The van der Waals surface area contributed by atoms with E-state index in [4.69, 9.17) is 4.74 Å². The first-order valence-electron chi connectivity index (χ1n) is 14.2. The molecule has 8 atom stereocenters. The number of fused-ring (bicyclic) bond motifs is 5. The number of hydrogen-bond donors (Lipinski definition) is 4.